The summed E-state index contributed by atoms with van der Waals surface area (Å²) in [6, 6.07) is 4.09. The van der Waals surface area contributed by atoms with E-state index in [1.165, 1.54) is 30.0 Å². The van der Waals surface area contributed by atoms with Crippen molar-refractivity contribution < 1.29 is 0 Å². The van der Waals surface area contributed by atoms with E-state index in [2.05, 4.69) is 44.5 Å². The van der Waals surface area contributed by atoms with Crippen LogP contribution in [0.3, 0.4) is 0 Å². The van der Waals surface area contributed by atoms with Crippen LogP contribution >= 0.6 is 27.7 Å². The number of thioether (sulfide) groups is 1. The fraction of sp³-hybridized carbons (Fsp3) is 0.462. The summed E-state index contributed by atoms with van der Waals surface area (Å²) in [5.74, 6) is 3.48. The predicted molar refractivity (Wildman–Crippen MR) is 76.6 cm³/mol. The van der Waals surface area contributed by atoms with E-state index < -0.39 is 0 Å². The maximum Gasteiger partial charge on any atom is 0.151 e. The van der Waals surface area contributed by atoms with Crippen molar-refractivity contribution in [3.63, 3.8) is 0 Å². The normalized spacial score (nSPS) is 17.7. The van der Waals surface area contributed by atoms with Gasteiger partial charge in [0.15, 0.2) is 5.65 Å². The van der Waals surface area contributed by atoms with Crippen LogP contribution in [0.4, 0.5) is 0 Å². The summed E-state index contributed by atoms with van der Waals surface area (Å²) < 4.78 is 3.18. The third-order valence-corrected chi connectivity index (χ3v) is 4.99. The number of fused-ring (bicyclic) bond motifs is 1. The number of hydrogen-bond donors (Lipinski definition) is 0. The second-order valence-electron chi connectivity index (χ2n) is 4.58. The van der Waals surface area contributed by atoms with Crippen LogP contribution in [-0.2, 0) is 6.42 Å². The summed E-state index contributed by atoms with van der Waals surface area (Å²) in [7, 11) is 0. The van der Waals surface area contributed by atoms with Gasteiger partial charge in [0.2, 0.25) is 0 Å². The molecule has 1 saturated heterocycles. The lowest BCUT2D eigenvalue weighted by molar-refractivity contribution is 0.483. The van der Waals surface area contributed by atoms with Crippen LogP contribution in [0.25, 0.3) is 5.65 Å². The van der Waals surface area contributed by atoms with E-state index in [1.807, 2.05) is 12.1 Å². The Kier molecular flexibility index (Phi) is 3.43. The van der Waals surface area contributed by atoms with Gasteiger partial charge in [-0.05, 0) is 64.7 Å². The summed E-state index contributed by atoms with van der Waals surface area (Å²) in [6.45, 7) is 0. The van der Waals surface area contributed by atoms with Gasteiger partial charge < -0.3 is 4.40 Å². The SMILES string of the molecule is Brc1cccn2cc(CC3CCSCC3)nc12. The molecular formula is C13H15BrN2S. The third kappa shape index (κ3) is 2.52. The molecule has 1 fully saturated rings. The summed E-state index contributed by atoms with van der Waals surface area (Å²) in [4.78, 5) is 4.72. The molecule has 17 heavy (non-hydrogen) atoms. The number of halogens is 1. The quantitative estimate of drug-likeness (QED) is 0.839. The molecule has 3 rings (SSSR count). The Balaban J connectivity index is 1.83. The Labute approximate surface area is 114 Å². The Bertz CT molecular complexity index is 517. The average molecular weight is 311 g/mol. The molecule has 0 amide bonds. The lowest BCUT2D eigenvalue weighted by atomic mass is 9.97. The highest BCUT2D eigenvalue weighted by molar-refractivity contribution is 9.10. The van der Waals surface area contributed by atoms with E-state index in [1.54, 1.807) is 0 Å². The van der Waals surface area contributed by atoms with Gasteiger partial charge in [0.1, 0.15) is 0 Å². The molecule has 0 aliphatic carbocycles. The van der Waals surface area contributed by atoms with Crippen LogP contribution in [0.5, 0.6) is 0 Å². The molecule has 1 aliphatic heterocycles. The maximum atomic E-state index is 4.72. The highest BCUT2D eigenvalue weighted by atomic mass is 79.9. The van der Waals surface area contributed by atoms with Gasteiger partial charge >= 0.3 is 0 Å². The molecule has 1 aliphatic rings. The van der Waals surface area contributed by atoms with Gasteiger partial charge in [0, 0.05) is 12.4 Å². The predicted octanol–water partition coefficient (Wildman–Crippen LogP) is 3.78. The molecule has 0 saturated carbocycles. The minimum absolute atomic E-state index is 0.833. The van der Waals surface area contributed by atoms with Gasteiger partial charge in [0.05, 0.1) is 10.2 Å². The molecule has 0 radical (unpaired) electrons. The first-order valence-electron chi connectivity index (χ1n) is 6.03. The van der Waals surface area contributed by atoms with E-state index in [-0.39, 0.29) is 0 Å². The summed E-state index contributed by atoms with van der Waals surface area (Å²) in [6.07, 6.45) is 8.06. The first kappa shape index (κ1) is 11.6. The summed E-state index contributed by atoms with van der Waals surface area (Å²) in [5, 5.41) is 0. The van der Waals surface area contributed by atoms with Crippen molar-refractivity contribution in [2.75, 3.05) is 11.5 Å². The second kappa shape index (κ2) is 5.02. The van der Waals surface area contributed by atoms with Crippen molar-refractivity contribution in [2.24, 2.45) is 5.92 Å². The minimum atomic E-state index is 0.833. The number of aromatic nitrogens is 2. The molecule has 0 bridgehead atoms. The lowest BCUT2D eigenvalue weighted by Crippen LogP contribution is -2.12. The second-order valence-corrected chi connectivity index (χ2v) is 6.66. The number of nitrogens with zero attached hydrogens (tertiary/aromatic N) is 2. The first-order chi connectivity index (χ1) is 8.33. The smallest absolute Gasteiger partial charge is 0.151 e. The average Bonchev–Trinajstić information content (AvgIpc) is 2.74. The minimum Gasteiger partial charge on any atom is -0.306 e. The third-order valence-electron chi connectivity index (χ3n) is 3.32. The lowest BCUT2D eigenvalue weighted by Gasteiger charge is -2.19. The number of rotatable bonds is 2. The Morgan fingerprint density at radius 3 is 3.00 bits per heavy atom. The topological polar surface area (TPSA) is 17.3 Å². The number of hydrogen-bond acceptors (Lipinski definition) is 2. The molecule has 0 spiro atoms. The Morgan fingerprint density at radius 1 is 1.41 bits per heavy atom. The molecule has 0 N–H and O–H groups in total. The van der Waals surface area contributed by atoms with Gasteiger partial charge in [-0.2, -0.15) is 11.8 Å². The zero-order chi connectivity index (χ0) is 11.7. The molecule has 0 aromatic carbocycles. The monoisotopic (exact) mass is 310 g/mol. The van der Waals surface area contributed by atoms with Crippen molar-refractivity contribution in [3.8, 4) is 0 Å². The summed E-state index contributed by atoms with van der Waals surface area (Å²) >= 11 is 5.63. The van der Waals surface area contributed by atoms with E-state index in [0.717, 1.165) is 22.5 Å². The van der Waals surface area contributed by atoms with Crippen molar-refractivity contribution in [3.05, 3.63) is 34.7 Å². The van der Waals surface area contributed by atoms with Crippen LogP contribution in [0, 0.1) is 5.92 Å². The van der Waals surface area contributed by atoms with Crippen molar-refractivity contribution >= 4 is 33.3 Å². The van der Waals surface area contributed by atoms with Gasteiger partial charge in [-0.25, -0.2) is 4.98 Å². The highest BCUT2D eigenvalue weighted by Gasteiger charge is 2.16. The van der Waals surface area contributed by atoms with Crippen molar-refractivity contribution in [2.45, 2.75) is 19.3 Å². The van der Waals surface area contributed by atoms with Crippen molar-refractivity contribution in [1.82, 2.24) is 9.38 Å². The van der Waals surface area contributed by atoms with Gasteiger partial charge in [-0.3, -0.25) is 0 Å². The molecule has 3 heterocycles. The fourth-order valence-corrected chi connectivity index (χ4v) is 4.02. The fourth-order valence-electron chi connectivity index (χ4n) is 2.37. The molecule has 2 aromatic rings. The Hall–Kier alpha value is -0.480. The zero-order valence-electron chi connectivity index (χ0n) is 9.60. The molecule has 90 valence electrons. The number of imidazole rings is 1. The van der Waals surface area contributed by atoms with Crippen LogP contribution in [0.2, 0.25) is 0 Å². The van der Waals surface area contributed by atoms with Crippen LogP contribution in [0.1, 0.15) is 18.5 Å². The standard InChI is InChI=1S/C13H15BrN2S/c14-12-2-1-5-16-9-11(15-13(12)16)8-10-3-6-17-7-4-10/h1-2,5,9-10H,3-4,6-8H2. The molecule has 0 atom stereocenters. The van der Waals surface area contributed by atoms with Crippen LogP contribution in [-0.4, -0.2) is 20.9 Å². The maximum absolute atomic E-state index is 4.72. The van der Waals surface area contributed by atoms with E-state index in [4.69, 9.17) is 4.98 Å². The summed E-state index contributed by atoms with van der Waals surface area (Å²) in [5.41, 5.74) is 2.27. The van der Waals surface area contributed by atoms with E-state index in [9.17, 15) is 0 Å². The zero-order valence-corrected chi connectivity index (χ0v) is 12.0. The number of pyridine rings is 1. The molecular weight excluding hydrogens is 296 g/mol. The van der Waals surface area contributed by atoms with Crippen molar-refractivity contribution in [1.29, 1.82) is 0 Å². The van der Waals surface area contributed by atoms with E-state index in [0.29, 0.717) is 0 Å². The largest absolute Gasteiger partial charge is 0.306 e. The highest BCUT2D eigenvalue weighted by Crippen LogP contribution is 2.26. The van der Waals surface area contributed by atoms with Gasteiger partial charge in [-0.15, -0.1) is 0 Å². The molecule has 2 nitrogen and oxygen atoms in total. The molecule has 2 aromatic heterocycles. The van der Waals surface area contributed by atoms with Crippen LogP contribution < -0.4 is 0 Å². The van der Waals surface area contributed by atoms with E-state index >= 15 is 0 Å². The molecule has 0 unspecified atom stereocenters. The van der Waals surface area contributed by atoms with Crippen LogP contribution in [0.15, 0.2) is 29.0 Å². The first-order valence-corrected chi connectivity index (χ1v) is 7.97. The van der Waals surface area contributed by atoms with Gasteiger partial charge in [0.25, 0.3) is 0 Å². The van der Waals surface area contributed by atoms with Gasteiger partial charge in [-0.1, -0.05) is 0 Å². The Morgan fingerprint density at radius 2 is 2.24 bits per heavy atom. The molecule has 4 heteroatoms.